The predicted octanol–water partition coefficient (Wildman–Crippen LogP) is 2.38. The molecule has 0 aliphatic heterocycles. The van der Waals surface area contributed by atoms with E-state index in [4.69, 9.17) is 9.47 Å². The third kappa shape index (κ3) is 3.20. The number of thiophene rings is 1. The van der Waals surface area contributed by atoms with E-state index in [2.05, 4.69) is 10.6 Å². The van der Waals surface area contributed by atoms with Gasteiger partial charge in [-0.05, 0) is 29.6 Å². The van der Waals surface area contributed by atoms with Crippen molar-refractivity contribution in [1.82, 2.24) is 5.32 Å². The summed E-state index contributed by atoms with van der Waals surface area (Å²) in [7, 11) is 4.57. The van der Waals surface area contributed by atoms with Gasteiger partial charge in [0.05, 0.1) is 19.8 Å². The molecule has 1 aromatic heterocycles. The molecule has 0 radical (unpaired) electrons. The highest BCUT2D eigenvalue weighted by Gasteiger charge is 2.16. The third-order valence-electron chi connectivity index (χ3n) is 3.01. The Morgan fingerprint density at radius 2 is 1.77 bits per heavy atom. The molecule has 0 bridgehead atoms. The Morgan fingerprint density at radius 1 is 1.05 bits per heavy atom. The molecule has 0 spiro atoms. The van der Waals surface area contributed by atoms with Crippen molar-refractivity contribution >= 4 is 28.2 Å². The van der Waals surface area contributed by atoms with E-state index in [1.54, 1.807) is 36.7 Å². The van der Waals surface area contributed by atoms with Gasteiger partial charge in [0.15, 0.2) is 11.5 Å². The van der Waals surface area contributed by atoms with Gasteiger partial charge in [-0.1, -0.05) is 0 Å². The minimum atomic E-state index is -0.325. The zero-order valence-corrected chi connectivity index (χ0v) is 13.2. The van der Waals surface area contributed by atoms with Crippen LogP contribution in [0.3, 0.4) is 0 Å². The standard InChI is InChI=1S/C15H16N2O4S/c1-16-14(19)10-6-7-22-15(10)17-13(18)9-4-5-11(20-2)12(8-9)21-3/h4-8H,1-3H3,(H,16,19)(H,17,18). The van der Waals surface area contributed by atoms with Crippen LogP contribution in [0.2, 0.25) is 0 Å². The molecular weight excluding hydrogens is 304 g/mol. The van der Waals surface area contributed by atoms with Gasteiger partial charge in [0.25, 0.3) is 11.8 Å². The topological polar surface area (TPSA) is 76.7 Å². The first kappa shape index (κ1) is 15.8. The van der Waals surface area contributed by atoms with Gasteiger partial charge in [-0.2, -0.15) is 0 Å². The van der Waals surface area contributed by atoms with Gasteiger partial charge < -0.3 is 20.1 Å². The largest absolute Gasteiger partial charge is 0.493 e. The number of rotatable bonds is 5. The van der Waals surface area contributed by atoms with E-state index in [9.17, 15) is 9.59 Å². The first-order valence-electron chi connectivity index (χ1n) is 6.43. The van der Waals surface area contributed by atoms with E-state index in [0.29, 0.717) is 27.6 Å². The van der Waals surface area contributed by atoms with Crippen molar-refractivity contribution in [2.75, 3.05) is 26.6 Å². The highest BCUT2D eigenvalue weighted by molar-refractivity contribution is 7.14. The highest BCUT2D eigenvalue weighted by atomic mass is 32.1. The molecule has 2 N–H and O–H groups in total. The fraction of sp³-hybridized carbons (Fsp3) is 0.200. The maximum Gasteiger partial charge on any atom is 0.256 e. The van der Waals surface area contributed by atoms with Crippen molar-refractivity contribution in [1.29, 1.82) is 0 Å². The van der Waals surface area contributed by atoms with Crippen LogP contribution in [0.1, 0.15) is 20.7 Å². The van der Waals surface area contributed by atoms with Crippen LogP contribution in [0.5, 0.6) is 11.5 Å². The van der Waals surface area contributed by atoms with Crippen LogP contribution in [0.4, 0.5) is 5.00 Å². The summed E-state index contributed by atoms with van der Waals surface area (Å²) >= 11 is 1.29. The SMILES string of the molecule is CNC(=O)c1ccsc1NC(=O)c1ccc(OC)c(OC)c1. The van der Waals surface area contributed by atoms with Crippen molar-refractivity contribution in [3.8, 4) is 11.5 Å². The number of nitrogens with one attached hydrogen (secondary N) is 2. The Balaban J connectivity index is 2.23. The van der Waals surface area contributed by atoms with Crippen LogP contribution in [0.15, 0.2) is 29.6 Å². The normalized spacial score (nSPS) is 9.95. The number of carbonyl (C=O) groups excluding carboxylic acids is 2. The van der Waals surface area contributed by atoms with Crippen molar-refractivity contribution in [2.24, 2.45) is 0 Å². The molecule has 2 aromatic rings. The number of amides is 2. The van der Waals surface area contributed by atoms with E-state index in [-0.39, 0.29) is 11.8 Å². The molecule has 0 atom stereocenters. The molecular formula is C15H16N2O4S. The van der Waals surface area contributed by atoms with Gasteiger partial charge in [-0.15, -0.1) is 11.3 Å². The molecule has 0 unspecified atom stereocenters. The minimum absolute atomic E-state index is 0.246. The lowest BCUT2D eigenvalue weighted by Crippen LogP contribution is -2.20. The smallest absolute Gasteiger partial charge is 0.256 e. The quantitative estimate of drug-likeness (QED) is 0.887. The van der Waals surface area contributed by atoms with Gasteiger partial charge >= 0.3 is 0 Å². The van der Waals surface area contributed by atoms with Gasteiger partial charge in [-0.25, -0.2) is 0 Å². The van der Waals surface area contributed by atoms with E-state index in [0.717, 1.165) is 0 Å². The Morgan fingerprint density at radius 3 is 2.41 bits per heavy atom. The number of methoxy groups -OCH3 is 2. The van der Waals surface area contributed by atoms with E-state index < -0.39 is 0 Å². The average Bonchev–Trinajstić information content (AvgIpc) is 3.01. The Kier molecular flexibility index (Phi) is 5.00. The van der Waals surface area contributed by atoms with Gasteiger partial charge in [0.2, 0.25) is 0 Å². The fourth-order valence-corrected chi connectivity index (χ4v) is 2.65. The Bertz CT molecular complexity index is 697. The maximum absolute atomic E-state index is 12.3. The summed E-state index contributed by atoms with van der Waals surface area (Å²) in [5.74, 6) is 0.437. The Labute approximate surface area is 132 Å². The zero-order chi connectivity index (χ0) is 16.1. The summed E-state index contributed by atoms with van der Waals surface area (Å²) in [6.45, 7) is 0. The molecule has 1 aromatic carbocycles. The lowest BCUT2D eigenvalue weighted by Gasteiger charge is -2.10. The van der Waals surface area contributed by atoms with Crippen molar-refractivity contribution in [3.05, 3.63) is 40.8 Å². The Hall–Kier alpha value is -2.54. The van der Waals surface area contributed by atoms with Crippen LogP contribution in [-0.4, -0.2) is 33.1 Å². The molecule has 0 saturated carbocycles. The third-order valence-corrected chi connectivity index (χ3v) is 3.84. The van der Waals surface area contributed by atoms with Crippen molar-refractivity contribution in [2.45, 2.75) is 0 Å². The van der Waals surface area contributed by atoms with Crippen LogP contribution in [0, 0.1) is 0 Å². The number of hydrogen-bond acceptors (Lipinski definition) is 5. The summed E-state index contributed by atoms with van der Waals surface area (Å²) in [6, 6.07) is 6.53. The first-order valence-corrected chi connectivity index (χ1v) is 7.31. The van der Waals surface area contributed by atoms with Gasteiger partial charge in [0, 0.05) is 12.6 Å². The predicted molar refractivity (Wildman–Crippen MR) is 85.2 cm³/mol. The molecule has 0 saturated heterocycles. The van der Waals surface area contributed by atoms with Crippen LogP contribution in [0.25, 0.3) is 0 Å². The van der Waals surface area contributed by atoms with Crippen LogP contribution >= 0.6 is 11.3 Å². The molecule has 1 heterocycles. The van der Waals surface area contributed by atoms with Gasteiger partial charge in [0.1, 0.15) is 5.00 Å². The molecule has 2 amide bonds. The van der Waals surface area contributed by atoms with Crippen molar-refractivity contribution in [3.63, 3.8) is 0 Å². The highest BCUT2D eigenvalue weighted by Crippen LogP contribution is 2.29. The van der Waals surface area contributed by atoms with E-state index in [1.165, 1.54) is 25.6 Å². The molecule has 2 rings (SSSR count). The lowest BCUT2D eigenvalue weighted by atomic mass is 10.2. The second-order valence-corrected chi connectivity index (χ2v) is 5.18. The maximum atomic E-state index is 12.3. The second-order valence-electron chi connectivity index (χ2n) is 4.27. The average molecular weight is 320 g/mol. The van der Waals surface area contributed by atoms with Crippen LogP contribution < -0.4 is 20.1 Å². The summed E-state index contributed by atoms with van der Waals surface area (Å²) in [6.07, 6.45) is 0. The fourth-order valence-electron chi connectivity index (χ4n) is 1.87. The number of benzene rings is 1. The van der Waals surface area contributed by atoms with Crippen LogP contribution in [-0.2, 0) is 0 Å². The molecule has 0 aliphatic carbocycles. The molecule has 0 fully saturated rings. The van der Waals surface area contributed by atoms with Gasteiger partial charge in [-0.3, -0.25) is 9.59 Å². The number of ether oxygens (including phenoxy) is 2. The summed E-state index contributed by atoms with van der Waals surface area (Å²) in [5, 5.41) is 7.51. The number of hydrogen-bond donors (Lipinski definition) is 2. The molecule has 7 heteroatoms. The first-order chi connectivity index (χ1) is 10.6. The van der Waals surface area contributed by atoms with E-state index in [1.807, 2.05) is 0 Å². The second kappa shape index (κ2) is 6.95. The zero-order valence-electron chi connectivity index (χ0n) is 12.4. The van der Waals surface area contributed by atoms with Crippen molar-refractivity contribution < 1.29 is 19.1 Å². The summed E-state index contributed by atoms with van der Waals surface area (Å²) in [4.78, 5) is 24.0. The molecule has 22 heavy (non-hydrogen) atoms. The number of anilines is 1. The lowest BCUT2D eigenvalue weighted by molar-refractivity contribution is 0.0964. The number of carbonyl (C=O) groups is 2. The molecule has 6 nitrogen and oxygen atoms in total. The molecule has 116 valence electrons. The van der Waals surface area contributed by atoms with E-state index >= 15 is 0 Å². The monoisotopic (exact) mass is 320 g/mol. The summed E-state index contributed by atoms with van der Waals surface area (Å²) in [5.41, 5.74) is 0.843. The summed E-state index contributed by atoms with van der Waals surface area (Å²) < 4.78 is 10.3. The minimum Gasteiger partial charge on any atom is -0.493 e. The molecule has 0 aliphatic rings.